The van der Waals surface area contributed by atoms with Crippen LogP contribution in [0.25, 0.3) is 0 Å². The Morgan fingerprint density at radius 1 is 0.627 bits per heavy atom. The first-order chi connectivity index (χ1) is 31.1. The summed E-state index contributed by atoms with van der Waals surface area (Å²) >= 11 is 0. The van der Waals surface area contributed by atoms with Crippen LogP contribution in [0.4, 0.5) is 0 Å². The lowest BCUT2D eigenvalue weighted by molar-refractivity contribution is -0.393. The topological polar surface area (TPSA) is 312 Å². The van der Waals surface area contributed by atoms with Crippen molar-refractivity contribution < 1.29 is 94.2 Å². The molecular weight excluding hydrogens is 881 g/mol. The summed E-state index contributed by atoms with van der Waals surface area (Å²) in [5.41, 5.74) is -0.239. The summed E-state index contributed by atoms with van der Waals surface area (Å²) in [5.74, 6) is -3.02. The molecule has 3 heterocycles. The van der Waals surface area contributed by atoms with Gasteiger partial charge in [-0.25, -0.2) is 9.59 Å². The Hall–Kier alpha value is -1.92. The molecule has 0 bridgehead atoms. The lowest BCUT2D eigenvalue weighted by Crippen LogP contribution is -2.68. The SMILES string of the molecule is C[C@@H]1O[C@@H](O[C@H]2[C@H](O[C@H]3[C@H](O[C@H]4CC[C@@]5(C)[C@@H](CC[C@]6(C)[C@@H]5CC=C5[C@@H]7CC(C)(C)C[C@@H](O)[C@]7(C)CC[C@]56C)[C@@]4(C)CO)O[C@H](C(=O)O)[C@@H](O)[C@@H]3O)O[C@H](C(=O)O)[C@@H](O)[C@@H]2O)[C@H](O)[C@H](O)[C@H]1O. The predicted molar refractivity (Wildman–Crippen MR) is 231 cm³/mol. The number of carboxylic acids is 2. The molecule has 5 aliphatic carbocycles. The lowest BCUT2D eigenvalue weighted by Gasteiger charge is -2.72. The number of allylic oxidation sites excluding steroid dienone is 2. The van der Waals surface area contributed by atoms with Crippen LogP contribution in [0.1, 0.15) is 113 Å². The molecule has 4 saturated carbocycles. The second kappa shape index (κ2) is 17.7. The third-order valence-corrected chi connectivity index (χ3v) is 19.5. The molecule has 7 fully saturated rings. The van der Waals surface area contributed by atoms with E-state index in [-0.39, 0.29) is 57.5 Å². The standard InChI is InChI=1S/C48H76O19/c1-20-27(51)28(52)33(57)40(62-20)66-37-32(56)30(54)35(39(60)61)65-42(37)67-36-31(55)29(53)34(38(58)59)64-41(36)63-26-12-13-45(5)23(46(26,6)19-49)11-14-48(8)24(45)10-9-21-22-17-43(2,3)18-25(50)44(22,4)15-16-47(21,48)7/h9,20,22-37,40-42,49-57H,10-19H2,1-8H3,(H,58,59)(H,60,61)/t20-,22-,23+,24+,25+,26-,27-,28+,29-,30-,31-,32-,33+,34-,35-,36+,37+,40-,41+,42-,44+,45-,46+,47+,48+/m0/s1. The van der Waals surface area contributed by atoms with Crippen LogP contribution in [0, 0.1) is 50.2 Å². The third kappa shape index (κ3) is 7.97. The zero-order valence-corrected chi connectivity index (χ0v) is 39.9. The molecule has 8 aliphatic rings. The van der Waals surface area contributed by atoms with Crippen molar-refractivity contribution in [3.63, 3.8) is 0 Å². The van der Waals surface area contributed by atoms with E-state index in [1.807, 2.05) is 6.92 Å². The van der Waals surface area contributed by atoms with Gasteiger partial charge in [0.2, 0.25) is 0 Å². The van der Waals surface area contributed by atoms with E-state index in [1.165, 1.54) is 12.5 Å². The molecule has 3 aliphatic heterocycles. The third-order valence-electron chi connectivity index (χ3n) is 19.5. The highest BCUT2D eigenvalue weighted by atomic mass is 16.8. The van der Waals surface area contributed by atoms with E-state index in [9.17, 15) is 65.8 Å². The molecule has 67 heavy (non-hydrogen) atoms. The van der Waals surface area contributed by atoms with Crippen molar-refractivity contribution in [3.05, 3.63) is 11.6 Å². The van der Waals surface area contributed by atoms with Crippen LogP contribution in [0.3, 0.4) is 0 Å². The number of hydrogen-bond acceptors (Lipinski definition) is 17. The van der Waals surface area contributed by atoms with E-state index < -0.39 is 116 Å². The van der Waals surface area contributed by atoms with Gasteiger partial charge >= 0.3 is 11.9 Å². The molecule has 0 spiro atoms. The highest BCUT2D eigenvalue weighted by Crippen LogP contribution is 2.76. The van der Waals surface area contributed by atoms with Gasteiger partial charge in [-0.3, -0.25) is 0 Å². The number of rotatable bonds is 9. The van der Waals surface area contributed by atoms with Gasteiger partial charge in [-0.15, -0.1) is 0 Å². The molecule has 0 aromatic carbocycles. The van der Waals surface area contributed by atoms with Crippen molar-refractivity contribution in [2.45, 2.75) is 218 Å². The molecule has 8 rings (SSSR count). The van der Waals surface area contributed by atoms with Gasteiger partial charge in [0.15, 0.2) is 31.1 Å². The predicted octanol–water partition coefficient (Wildman–Crippen LogP) is 0.797. The van der Waals surface area contributed by atoms with Gasteiger partial charge in [0, 0.05) is 10.8 Å². The van der Waals surface area contributed by atoms with Crippen molar-refractivity contribution in [2.24, 2.45) is 50.2 Å². The molecule has 0 radical (unpaired) electrons. The van der Waals surface area contributed by atoms with Crippen molar-refractivity contribution >= 4 is 11.9 Å². The summed E-state index contributed by atoms with van der Waals surface area (Å²) in [7, 11) is 0. The Bertz CT molecular complexity index is 1900. The van der Waals surface area contributed by atoms with Crippen molar-refractivity contribution in [1.82, 2.24) is 0 Å². The maximum atomic E-state index is 12.5. The molecule has 19 nitrogen and oxygen atoms in total. The summed E-state index contributed by atoms with van der Waals surface area (Å²) < 4.78 is 35.6. The molecule has 0 aromatic heterocycles. The normalized spacial score (nSPS) is 55.2. The average molecular weight is 957 g/mol. The van der Waals surface area contributed by atoms with Gasteiger partial charge in [0.25, 0.3) is 0 Å². The number of aliphatic hydroxyl groups is 9. The zero-order chi connectivity index (χ0) is 49.3. The minimum atomic E-state index is -2.16. The summed E-state index contributed by atoms with van der Waals surface area (Å²) in [6.45, 7) is 16.9. The first-order valence-corrected chi connectivity index (χ1v) is 24.2. The fourth-order valence-electron chi connectivity index (χ4n) is 15.1. The van der Waals surface area contributed by atoms with E-state index in [0.717, 1.165) is 44.9 Å². The van der Waals surface area contributed by atoms with Gasteiger partial charge in [-0.2, -0.15) is 0 Å². The van der Waals surface area contributed by atoms with Crippen LogP contribution in [0.15, 0.2) is 11.6 Å². The second-order valence-electron chi connectivity index (χ2n) is 23.6. The fourth-order valence-corrected chi connectivity index (χ4v) is 15.1. The Morgan fingerprint density at radius 3 is 1.76 bits per heavy atom. The van der Waals surface area contributed by atoms with Gasteiger partial charge < -0.3 is 84.6 Å². The van der Waals surface area contributed by atoms with Crippen LogP contribution in [0.5, 0.6) is 0 Å². The van der Waals surface area contributed by atoms with Gasteiger partial charge in [0.1, 0.15) is 54.9 Å². The maximum Gasteiger partial charge on any atom is 0.335 e. The molecule has 25 atom stereocenters. The molecule has 0 amide bonds. The van der Waals surface area contributed by atoms with Crippen LogP contribution in [-0.2, 0) is 38.0 Å². The highest BCUT2D eigenvalue weighted by Gasteiger charge is 2.70. The van der Waals surface area contributed by atoms with Crippen LogP contribution >= 0.6 is 0 Å². The summed E-state index contributed by atoms with van der Waals surface area (Å²) in [6, 6.07) is 0. The van der Waals surface area contributed by atoms with E-state index in [0.29, 0.717) is 12.8 Å². The van der Waals surface area contributed by atoms with Crippen LogP contribution in [-0.4, -0.2) is 179 Å². The smallest absolute Gasteiger partial charge is 0.335 e. The summed E-state index contributed by atoms with van der Waals surface area (Å²) in [4.78, 5) is 24.7. The molecular formula is C48H76O19. The summed E-state index contributed by atoms with van der Waals surface area (Å²) in [6.07, 6.45) is -20.4. The van der Waals surface area contributed by atoms with Gasteiger partial charge in [-0.1, -0.05) is 60.1 Å². The molecule has 0 aromatic rings. The first kappa shape index (κ1) is 51.4. The molecule has 11 N–H and O–H groups in total. The van der Waals surface area contributed by atoms with Crippen molar-refractivity contribution in [1.29, 1.82) is 0 Å². The van der Waals surface area contributed by atoms with Crippen LogP contribution in [0.2, 0.25) is 0 Å². The van der Waals surface area contributed by atoms with Gasteiger partial charge in [0.05, 0.1) is 24.9 Å². The Kier molecular flexibility index (Phi) is 13.6. The Labute approximate surface area is 391 Å². The average Bonchev–Trinajstić information content (AvgIpc) is 3.25. The minimum Gasteiger partial charge on any atom is -0.479 e. The fraction of sp³-hybridized carbons (Fsp3) is 0.917. The first-order valence-electron chi connectivity index (χ1n) is 24.2. The maximum absolute atomic E-state index is 12.5. The zero-order valence-electron chi connectivity index (χ0n) is 39.9. The second-order valence-corrected chi connectivity index (χ2v) is 23.6. The van der Waals surface area contributed by atoms with Crippen molar-refractivity contribution in [2.75, 3.05) is 6.61 Å². The number of fused-ring (bicyclic) bond motifs is 7. The lowest BCUT2D eigenvalue weighted by atomic mass is 9.33. The van der Waals surface area contributed by atoms with E-state index >= 15 is 0 Å². The number of carbonyl (C=O) groups is 2. The van der Waals surface area contributed by atoms with E-state index in [4.69, 9.17) is 28.4 Å². The molecule has 19 heteroatoms. The van der Waals surface area contributed by atoms with Gasteiger partial charge in [-0.05, 0) is 104 Å². The monoisotopic (exact) mass is 956 g/mol. The van der Waals surface area contributed by atoms with E-state index in [2.05, 4.69) is 47.6 Å². The molecule has 0 unspecified atom stereocenters. The van der Waals surface area contributed by atoms with E-state index in [1.54, 1.807) is 0 Å². The largest absolute Gasteiger partial charge is 0.479 e. The minimum absolute atomic E-state index is 0.00172. The number of aliphatic carboxylic acids is 2. The Balaban J connectivity index is 1.08. The quantitative estimate of drug-likeness (QED) is 0.112. The Morgan fingerprint density at radius 2 is 1.19 bits per heavy atom. The number of ether oxygens (including phenoxy) is 6. The summed E-state index contributed by atoms with van der Waals surface area (Å²) in [5, 5.41) is 119. The highest BCUT2D eigenvalue weighted by molar-refractivity contribution is 5.74. The van der Waals surface area contributed by atoms with Crippen LogP contribution < -0.4 is 0 Å². The number of aliphatic hydroxyl groups excluding tert-OH is 9. The number of carboxylic acid groups (broad SMARTS) is 2. The van der Waals surface area contributed by atoms with Crippen molar-refractivity contribution in [3.8, 4) is 0 Å². The molecule has 3 saturated heterocycles. The molecule has 382 valence electrons. The number of hydrogen-bond donors (Lipinski definition) is 11.